The summed E-state index contributed by atoms with van der Waals surface area (Å²) in [5.41, 5.74) is -0.00810. The average Bonchev–Trinajstić information content (AvgIpc) is 2.44. The molecule has 6 heteroatoms. The van der Waals surface area contributed by atoms with Crippen LogP contribution in [0, 0.1) is 5.41 Å². The van der Waals surface area contributed by atoms with Crippen molar-refractivity contribution in [2.75, 3.05) is 26.1 Å². The molecule has 1 aromatic carbocycles. The molecule has 0 fully saturated rings. The highest BCUT2D eigenvalue weighted by atomic mass is 16.5. The Balaban J connectivity index is 2.65. The van der Waals surface area contributed by atoms with E-state index in [1.165, 1.54) is 7.11 Å². The van der Waals surface area contributed by atoms with E-state index in [9.17, 15) is 9.59 Å². The number of carbonyl (C=O) groups excluding carboxylic acids is 2. The molecule has 1 aromatic rings. The van der Waals surface area contributed by atoms with Crippen molar-refractivity contribution in [3.8, 4) is 11.5 Å². The minimum absolute atomic E-state index is 0.0920. The van der Waals surface area contributed by atoms with Crippen molar-refractivity contribution >= 4 is 17.5 Å². The van der Waals surface area contributed by atoms with Gasteiger partial charge in [-0.1, -0.05) is 20.8 Å². The lowest BCUT2D eigenvalue weighted by Crippen LogP contribution is -2.39. The van der Waals surface area contributed by atoms with E-state index in [0.717, 1.165) is 0 Å². The quantitative estimate of drug-likeness (QED) is 0.868. The molecule has 0 aliphatic carbocycles. The second-order valence-corrected chi connectivity index (χ2v) is 5.55. The largest absolute Gasteiger partial charge is 0.497 e. The number of methoxy groups -OCH3 is 2. The second kappa shape index (κ2) is 6.97. The summed E-state index contributed by atoms with van der Waals surface area (Å²) in [6, 6.07) is 5.07. The van der Waals surface area contributed by atoms with E-state index in [1.807, 2.05) is 0 Å². The van der Waals surface area contributed by atoms with Gasteiger partial charge in [-0.05, 0) is 12.1 Å². The minimum Gasteiger partial charge on any atom is -0.497 e. The van der Waals surface area contributed by atoms with Crippen LogP contribution in [0.5, 0.6) is 11.5 Å². The molecule has 0 spiro atoms. The summed E-state index contributed by atoms with van der Waals surface area (Å²) in [7, 11) is 3.06. The SMILES string of the molecule is COc1ccc(NC(=O)CNC(=O)C(C)(C)C)c(OC)c1. The van der Waals surface area contributed by atoms with Gasteiger partial charge in [0, 0.05) is 11.5 Å². The molecular formula is C15H22N2O4. The molecule has 21 heavy (non-hydrogen) atoms. The summed E-state index contributed by atoms with van der Waals surface area (Å²) in [5.74, 6) is 0.617. The Morgan fingerprint density at radius 1 is 1.14 bits per heavy atom. The molecule has 1 rings (SSSR count). The van der Waals surface area contributed by atoms with E-state index in [0.29, 0.717) is 17.2 Å². The number of benzene rings is 1. The molecule has 116 valence electrons. The first-order chi connectivity index (χ1) is 9.77. The summed E-state index contributed by atoms with van der Waals surface area (Å²) >= 11 is 0. The van der Waals surface area contributed by atoms with Gasteiger partial charge < -0.3 is 20.1 Å². The molecule has 0 aliphatic heterocycles. The Labute approximate surface area is 124 Å². The molecule has 0 heterocycles. The third-order valence-corrected chi connectivity index (χ3v) is 2.77. The first-order valence-corrected chi connectivity index (χ1v) is 6.58. The van der Waals surface area contributed by atoms with E-state index in [-0.39, 0.29) is 18.4 Å². The topological polar surface area (TPSA) is 76.7 Å². The minimum atomic E-state index is -0.530. The number of carbonyl (C=O) groups is 2. The van der Waals surface area contributed by atoms with E-state index in [2.05, 4.69) is 10.6 Å². The molecule has 0 unspecified atom stereocenters. The molecule has 6 nitrogen and oxygen atoms in total. The van der Waals surface area contributed by atoms with Gasteiger partial charge in [-0.15, -0.1) is 0 Å². The lowest BCUT2D eigenvalue weighted by Gasteiger charge is -2.17. The maximum absolute atomic E-state index is 11.9. The highest BCUT2D eigenvalue weighted by molar-refractivity contribution is 5.96. The number of amides is 2. The van der Waals surface area contributed by atoms with Crippen molar-refractivity contribution in [2.45, 2.75) is 20.8 Å². The summed E-state index contributed by atoms with van der Waals surface area (Å²) in [6.07, 6.45) is 0. The number of hydrogen-bond donors (Lipinski definition) is 2. The predicted molar refractivity (Wildman–Crippen MR) is 80.6 cm³/mol. The first kappa shape index (κ1) is 16.8. The maximum atomic E-state index is 11.9. The van der Waals surface area contributed by atoms with Crippen molar-refractivity contribution in [2.24, 2.45) is 5.41 Å². The van der Waals surface area contributed by atoms with Crippen LogP contribution in [0.25, 0.3) is 0 Å². The predicted octanol–water partition coefficient (Wildman–Crippen LogP) is 1.80. The van der Waals surface area contributed by atoms with E-state index >= 15 is 0 Å². The number of ether oxygens (including phenoxy) is 2. The van der Waals surface area contributed by atoms with Crippen LogP contribution in [0.3, 0.4) is 0 Å². The molecule has 0 aromatic heterocycles. The number of nitrogens with one attached hydrogen (secondary N) is 2. The molecule has 2 N–H and O–H groups in total. The van der Waals surface area contributed by atoms with Crippen LogP contribution in [0.4, 0.5) is 5.69 Å². The molecule has 0 saturated carbocycles. The Morgan fingerprint density at radius 2 is 1.81 bits per heavy atom. The molecular weight excluding hydrogens is 272 g/mol. The van der Waals surface area contributed by atoms with Crippen molar-refractivity contribution in [1.82, 2.24) is 5.32 Å². The Morgan fingerprint density at radius 3 is 2.33 bits per heavy atom. The van der Waals surface area contributed by atoms with Gasteiger partial charge in [0.1, 0.15) is 11.5 Å². The van der Waals surface area contributed by atoms with Crippen LogP contribution >= 0.6 is 0 Å². The third kappa shape index (κ3) is 4.98. The van der Waals surface area contributed by atoms with Crippen LogP contribution in [-0.4, -0.2) is 32.6 Å². The second-order valence-electron chi connectivity index (χ2n) is 5.55. The van der Waals surface area contributed by atoms with Crippen molar-refractivity contribution in [3.05, 3.63) is 18.2 Å². The fraction of sp³-hybridized carbons (Fsp3) is 0.467. The van der Waals surface area contributed by atoms with Crippen LogP contribution in [0.15, 0.2) is 18.2 Å². The molecule has 0 bridgehead atoms. The smallest absolute Gasteiger partial charge is 0.243 e. The number of rotatable bonds is 5. The molecule has 0 radical (unpaired) electrons. The van der Waals surface area contributed by atoms with Gasteiger partial charge in [-0.3, -0.25) is 9.59 Å². The zero-order valence-electron chi connectivity index (χ0n) is 13.1. The monoisotopic (exact) mass is 294 g/mol. The van der Waals surface area contributed by atoms with E-state index in [1.54, 1.807) is 46.1 Å². The van der Waals surface area contributed by atoms with Crippen LogP contribution < -0.4 is 20.1 Å². The van der Waals surface area contributed by atoms with Crippen LogP contribution in [-0.2, 0) is 9.59 Å². The first-order valence-electron chi connectivity index (χ1n) is 6.58. The molecule has 0 saturated heterocycles. The van der Waals surface area contributed by atoms with Gasteiger partial charge in [0.25, 0.3) is 0 Å². The van der Waals surface area contributed by atoms with Crippen molar-refractivity contribution < 1.29 is 19.1 Å². The van der Waals surface area contributed by atoms with E-state index < -0.39 is 5.41 Å². The highest BCUT2D eigenvalue weighted by Crippen LogP contribution is 2.28. The van der Waals surface area contributed by atoms with Gasteiger partial charge in [0.05, 0.1) is 26.5 Å². The fourth-order valence-corrected chi connectivity index (χ4v) is 1.52. The van der Waals surface area contributed by atoms with E-state index in [4.69, 9.17) is 9.47 Å². The summed E-state index contributed by atoms with van der Waals surface area (Å²) in [4.78, 5) is 23.5. The standard InChI is InChI=1S/C15H22N2O4/c1-15(2,3)14(19)16-9-13(18)17-11-7-6-10(20-4)8-12(11)21-5/h6-8H,9H2,1-5H3,(H,16,19)(H,17,18). The zero-order chi connectivity index (χ0) is 16.0. The summed E-state index contributed by atoms with van der Waals surface area (Å²) < 4.78 is 10.3. The highest BCUT2D eigenvalue weighted by Gasteiger charge is 2.21. The van der Waals surface area contributed by atoms with Crippen LogP contribution in [0.2, 0.25) is 0 Å². The molecule has 0 aliphatic rings. The Hall–Kier alpha value is -2.24. The third-order valence-electron chi connectivity index (χ3n) is 2.77. The maximum Gasteiger partial charge on any atom is 0.243 e. The average molecular weight is 294 g/mol. The van der Waals surface area contributed by atoms with Gasteiger partial charge in [0.2, 0.25) is 11.8 Å². The Bertz CT molecular complexity index is 521. The Kier molecular flexibility index (Phi) is 5.58. The summed E-state index contributed by atoms with van der Waals surface area (Å²) in [6.45, 7) is 5.26. The van der Waals surface area contributed by atoms with Crippen molar-refractivity contribution in [3.63, 3.8) is 0 Å². The van der Waals surface area contributed by atoms with Gasteiger partial charge in [-0.25, -0.2) is 0 Å². The zero-order valence-corrected chi connectivity index (χ0v) is 13.1. The molecule has 2 amide bonds. The van der Waals surface area contributed by atoms with Crippen molar-refractivity contribution in [1.29, 1.82) is 0 Å². The van der Waals surface area contributed by atoms with Gasteiger partial charge >= 0.3 is 0 Å². The summed E-state index contributed by atoms with van der Waals surface area (Å²) in [5, 5.41) is 5.27. The lowest BCUT2D eigenvalue weighted by molar-refractivity contribution is -0.130. The number of anilines is 1. The number of hydrogen-bond acceptors (Lipinski definition) is 4. The molecule has 0 atom stereocenters. The lowest BCUT2D eigenvalue weighted by atomic mass is 9.96. The normalized spacial score (nSPS) is 10.7. The van der Waals surface area contributed by atoms with Gasteiger partial charge in [-0.2, -0.15) is 0 Å². The van der Waals surface area contributed by atoms with Gasteiger partial charge in [0.15, 0.2) is 0 Å². The fourth-order valence-electron chi connectivity index (χ4n) is 1.52. The van der Waals surface area contributed by atoms with Crippen LogP contribution in [0.1, 0.15) is 20.8 Å².